The van der Waals surface area contributed by atoms with E-state index in [1.807, 2.05) is 0 Å². The van der Waals surface area contributed by atoms with Crippen LogP contribution in [0.15, 0.2) is 0 Å². The van der Waals surface area contributed by atoms with Crippen molar-refractivity contribution in [3.05, 3.63) is 0 Å². The molecule has 13 heteroatoms. The topological polar surface area (TPSA) is 232 Å². The van der Waals surface area contributed by atoms with E-state index < -0.39 is 86.8 Å². The molecule has 2 unspecified atom stereocenters. The van der Waals surface area contributed by atoms with Crippen LogP contribution in [0.5, 0.6) is 0 Å². The number of carbonyl (C=O) groups is 2. The smallest absolute Gasteiger partial charge is 0.317 e. The third-order valence-electron chi connectivity index (χ3n) is 4.44. The lowest BCUT2D eigenvalue weighted by Crippen LogP contribution is -2.75. The number of aliphatic carboxylic acids is 2. The molecule has 0 radical (unpaired) electrons. The molecule has 27 heavy (non-hydrogen) atoms. The number of hydrogen-bond donors (Lipinski definition) is 11. The lowest BCUT2D eigenvalue weighted by Gasteiger charge is -2.47. The van der Waals surface area contributed by atoms with Crippen molar-refractivity contribution in [2.75, 3.05) is 26.3 Å². The molecule has 0 aromatic heterocycles. The summed E-state index contributed by atoms with van der Waals surface area (Å²) >= 11 is 0. The molecule has 0 aromatic carbocycles. The van der Waals surface area contributed by atoms with E-state index in [-0.39, 0.29) is 0 Å². The third kappa shape index (κ3) is 6.31. The number of nitrogens with one attached hydrogen (secondary N) is 3. The molecule has 1 saturated carbocycles. The summed E-state index contributed by atoms with van der Waals surface area (Å²) in [5, 5.41) is 84.3. The fraction of sp³-hybridized carbons (Fsp3) is 0.857. The molecule has 0 amide bonds. The van der Waals surface area contributed by atoms with E-state index >= 15 is 0 Å². The first-order valence-electron chi connectivity index (χ1n) is 8.24. The fourth-order valence-electron chi connectivity index (χ4n) is 3.03. The van der Waals surface area contributed by atoms with Gasteiger partial charge in [0.25, 0.3) is 0 Å². The molecule has 0 aliphatic heterocycles. The van der Waals surface area contributed by atoms with Gasteiger partial charge in [0.05, 0.1) is 74.9 Å². The summed E-state index contributed by atoms with van der Waals surface area (Å²) in [6.45, 7) is -2.65. The fourth-order valence-corrected chi connectivity index (χ4v) is 3.03. The number of rotatable bonds is 11. The Labute approximate surface area is 154 Å². The van der Waals surface area contributed by atoms with Crippen LogP contribution in [-0.2, 0) is 9.59 Å². The molecule has 0 saturated heterocycles. The number of carboxylic acid groups (broad SMARTS) is 2. The van der Waals surface area contributed by atoms with E-state index in [9.17, 15) is 35.1 Å². The van der Waals surface area contributed by atoms with Crippen molar-refractivity contribution >= 4 is 11.9 Å². The van der Waals surface area contributed by atoms with Crippen LogP contribution in [-0.4, -0.2) is 128 Å². The van der Waals surface area contributed by atoms with Crippen molar-refractivity contribution in [1.29, 1.82) is 0 Å². The molecule has 1 aliphatic carbocycles. The first kappa shape index (κ1) is 23.6. The normalized spacial score (nSPS) is 33.4. The highest BCUT2D eigenvalue weighted by molar-refractivity contribution is 5.69. The number of aliphatic hydroxyl groups excluding tert-OH is 6. The van der Waals surface area contributed by atoms with Crippen molar-refractivity contribution in [3.63, 3.8) is 0 Å². The molecule has 158 valence electrons. The predicted molar refractivity (Wildman–Crippen MR) is 87.8 cm³/mol. The maximum Gasteiger partial charge on any atom is 0.317 e. The Hall–Kier alpha value is -1.42. The Morgan fingerprint density at radius 1 is 0.778 bits per heavy atom. The Balaban J connectivity index is 3.05. The quantitative estimate of drug-likeness (QED) is 0.156. The monoisotopic (exact) mass is 397 g/mol. The summed E-state index contributed by atoms with van der Waals surface area (Å²) in [6, 6.07) is -5.01. The van der Waals surface area contributed by atoms with Gasteiger partial charge in [0, 0.05) is 0 Å². The van der Waals surface area contributed by atoms with E-state index in [1.165, 1.54) is 0 Å². The van der Waals surface area contributed by atoms with E-state index in [1.54, 1.807) is 0 Å². The van der Waals surface area contributed by atoms with Gasteiger partial charge in [0.1, 0.15) is 0 Å². The van der Waals surface area contributed by atoms with E-state index in [4.69, 9.17) is 15.3 Å². The first-order valence-corrected chi connectivity index (χ1v) is 8.24. The maximum absolute atomic E-state index is 10.8. The van der Waals surface area contributed by atoms with Crippen LogP contribution in [0.2, 0.25) is 0 Å². The summed E-state index contributed by atoms with van der Waals surface area (Å²) in [5.74, 6) is -2.55. The van der Waals surface area contributed by atoms with Crippen LogP contribution in [0, 0.1) is 0 Å². The molecular formula is C14H27N3O10. The summed E-state index contributed by atoms with van der Waals surface area (Å²) in [6.07, 6.45) is -6.13. The molecule has 1 rings (SSSR count). The highest BCUT2D eigenvalue weighted by Gasteiger charge is 2.50. The van der Waals surface area contributed by atoms with Gasteiger partial charge >= 0.3 is 11.9 Å². The number of carboxylic acids is 2. The van der Waals surface area contributed by atoms with Crippen molar-refractivity contribution in [2.24, 2.45) is 0 Å². The van der Waals surface area contributed by atoms with E-state index in [0.717, 1.165) is 0 Å². The minimum Gasteiger partial charge on any atom is -0.480 e. The molecular weight excluding hydrogens is 370 g/mol. The van der Waals surface area contributed by atoms with Crippen LogP contribution >= 0.6 is 0 Å². The van der Waals surface area contributed by atoms with Crippen LogP contribution in [0.25, 0.3) is 0 Å². The Morgan fingerprint density at radius 2 is 1.19 bits per heavy atom. The van der Waals surface area contributed by atoms with Crippen molar-refractivity contribution in [3.8, 4) is 0 Å². The highest BCUT2D eigenvalue weighted by Crippen LogP contribution is 2.22. The van der Waals surface area contributed by atoms with Gasteiger partial charge in [-0.05, 0) is 0 Å². The maximum atomic E-state index is 10.8. The number of hydrogen-bond acceptors (Lipinski definition) is 11. The number of aliphatic hydroxyl groups is 6. The van der Waals surface area contributed by atoms with Gasteiger partial charge < -0.3 is 46.2 Å². The van der Waals surface area contributed by atoms with Crippen molar-refractivity contribution < 1.29 is 50.4 Å². The molecule has 8 atom stereocenters. The molecule has 0 heterocycles. The standard InChI is InChI=1S/C14H27N3O10/c18-3-5(6(20)4-19)17-11-13(26)9(15-1-7(21)22)12(25)10(14(11)27)16-2-8(23)24/h5-6,9-20,25-27H,1-4H2,(H,21,22)(H,23,24)/t5?,6?,9-,10+,11-,12+,13-,14+. The minimum atomic E-state index is -1.57. The molecule has 1 fully saturated rings. The zero-order valence-electron chi connectivity index (χ0n) is 14.3. The van der Waals surface area contributed by atoms with Gasteiger partial charge in [-0.3, -0.25) is 20.2 Å². The van der Waals surface area contributed by atoms with Gasteiger partial charge in [-0.1, -0.05) is 0 Å². The molecule has 1 aliphatic rings. The van der Waals surface area contributed by atoms with Gasteiger partial charge in [-0.15, -0.1) is 0 Å². The lowest BCUT2D eigenvalue weighted by atomic mass is 9.79. The Bertz CT molecular complexity index is 464. The molecule has 13 nitrogen and oxygen atoms in total. The van der Waals surface area contributed by atoms with Crippen LogP contribution in [0.4, 0.5) is 0 Å². The third-order valence-corrected chi connectivity index (χ3v) is 4.44. The zero-order valence-corrected chi connectivity index (χ0v) is 14.3. The molecule has 0 bridgehead atoms. The molecule has 0 aromatic rings. The second kappa shape index (κ2) is 10.8. The van der Waals surface area contributed by atoms with Gasteiger partial charge in [0.2, 0.25) is 0 Å². The lowest BCUT2D eigenvalue weighted by molar-refractivity contribution is -0.138. The van der Waals surface area contributed by atoms with Crippen LogP contribution < -0.4 is 16.0 Å². The average Bonchev–Trinajstić information content (AvgIpc) is 2.60. The summed E-state index contributed by atoms with van der Waals surface area (Å²) in [7, 11) is 0. The second-order valence-corrected chi connectivity index (χ2v) is 6.30. The Kier molecular flexibility index (Phi) is 9.44. The summed E-state index contributed by atoms with van der Waals surface area (Å²) in [5.41, 5.74) is 0. The van der Waals surface area contributed by atoms with Crippen LogP contribution in [0.3, 0.4) is 0 Å². The van der Waals surface area contributed by atoms with Gasteiger partial charge in [-0.2, -0.15) is 0 Å². The largest absolute Gasteiger partial charge is 0.480 e. The average molecular weight is 397 g/mol. The Morgan fingerprint density at radius 3 is 1.52 bits per heavy atom. The second-order valence-electron chi connectivity index (χ2n) is 6.30. The van der Waals surface area contributed by atoms with Gasteiger partial charge in [0.15, 0.2) is 0 Å². The predicted octanol–water partition coefficient (Wildman–Crippen LogP) is -6.16. The van der Waals surface area contributed by atoms with Crippen LogP contribution in [0.1, 0.15) is 0 Å². The van der Waals surface area contributed by atoms with Gasteiger partial charge in [-0.25, -0.2) is 0 Å². The molecule has 0 spiro atoms. The van der Waals surface area contributed by atoms with E-state index in [0.29, 0.717) is 0 Å². The first-order chi connectivity index (χ1) is 12.6. The zero-order chi connectivity index (χ0) is 20.7. The highest BCUT2D eigenvalue weighted by atomic mass is 16.4. The van der Waals surface area contributed by atoms with E-state index in [2.05, 4.69) is 16.0 Å². The summed E-state index contributed by atoms with van der Waals surface area (Å²) in [4.78, 5) is 21.5. The van der Waals surface area contributed by atoms with Crippen molar-refractivity contribution in [1.82, 2.24) is 16.0 Å². The SMILES string of the molecule is O=C(O)CN[C@@H]1[C@H](O)[C@H](NCC(=O)O)[C@H](O)[C@H](NC(CO)C(O)CO)[C@@H]1O. The minimum absolute atomic E-state index is 0.629. The van der Waals surface area contributed by atoms with Crippen molar-refractivity contribution in [2.45, 2.75) is 48.6 Å². The molecule has 11 N–H and O–H groups in total. The summed E-state index contributed by atoms with van der Waals surface area (Å²) < 4.78 is 0.